The molecule has 1 saturated heterocycles. The predicted molar refractivity (Wildman–Crippen MR) is 123 cm³/mol. The molecule has 1 aliphatic rings. The average Bonchev–Trinajstić information content (AvgIpc) is 3.35. The van der Waals surface area contributed by atoms with Gasteiger partial charge in [0, 0.05) is 24.7 Å². The quantitative estimate of drug-likeness (QED) is 0.563. The summed E-state index contributed by atoms with van der Waals surface area (Å²) in [7, 11) is 3.10. The third kappa shape index (κ3) is 4.54. The lowest BCUT2D eigenvalue weighted by Crippen LogP contribution is -2.39. The monoisotopic (exact) mass is 456 g/mol. The van der Waals surface area contributed by atoms with E-state index in [0.717, 1.165) is 16.0 Å². The number of benzene rings is 2. The van der Waals surface area contributed by atoms with Crippen molar-refractivity contribution in [2.45, 2.75) is 19.4 Å². The normalized spacial score (nSPS) is 15.7. The maximum Gasteiger partial charge on any atom is 0.321 e. The number of urea groups is 1. The number of thiazole rings is 1. The highest BCUT2D eigenvalue weighted by molar-refractivity contribution is 7.22. The molecule has 0 radical (unpaired) electrons. The molecule has 9 nitrogen and oxygen atoms in total. The van der Waals surface area contributed by atoms with Crippen LogP contribution in [0.2, 0.25) is 0 Å². The second-order valence-electron chi connectivity index (χ2n) is 7.12. The molecule has 1 aliphatic heterocycles. The summed E-state index contributed by atoms with van der Waals surface area (Å²) in [6.07, 6.45) is 0.208. The van der Waals surface area contributed by atoms with E-state index in [1.165, 1.54) is 11.3 Å². The van der Waals surface area contributed by atoms with Gasteiger partial charge in [0.15, 0.2) is 16.6 Å². The number of ether oxygens (including phenoxy) is 3. The second-order valence-corrected chi connectivity index (χ2v) is 8.16. The van der Waals surface area contributed by atoms with Gasteiger partial charge in [-0.3, -0.25) is 10.1 Å². The van der Waals surface area contributed by atoms with Gasteiger partial charge in [0.05, 0.1) is 37.1 Å². The summed E-state index contributed by atoms with van der Waals surface area (Å²) < 4.78 is 17.0. The van der Waals surface area contributed by atoms with Crippen molar-refractivity contribution in [3.8, 4) is 17.2 Å². The number of nitrogens with zero attached hydrogens (tertiary/aromatic N) is 2. The van der Waals surface area contributed by atoms with Gasteiger partial charge in [0.25, 0.3) is 0 Å². The zero-order valence-electron chi connectivity index (χ0n) is 18.0. The molecule has 1 fully saturated rings. The first-order chi connectivity index (χ1) is 15.5. The Morgan fingerprint density at radius 1 is 1.19 bits per heavy atom. The van der Waals surface area contributed by atoms with Crippen LogP contribution >= 0.6 is 11.3 Å². The number of rotatable bonds is 7. The van der Waals surface area contributed by atoms with Crippen LogP contribution in [0.25, 0.3) is 10.2 Å². The van der Waals surface area contributed by atoms with Gasteiger partial charge in [-0.2, -0.15) is 0 Å². The number of hydrogen-bond acceptors (Lipinski definition) is 7. The summed E-state index contributed by atoms with van der Waals surface area (Å²) in [6, 6.07) is 10.2. The number of amides is 3. The first kappa shape index (κ1) is 21.7. The number of carbonyl (C=O) groups excluding carboxylic acids is 2. The van der Waals surface area contributed by atoms with Gasteiger partial charge in [0.2, 0.25) is 5.91 Å². The van der Waals surface area contributed by atoms with Crippen molar-refractivity contribution in [1.82, 2.24) is 10.3 Å². The molecule has 3 amide bonds. The largest absolute Gasteiger partial charge is 0.494 e. The van der Waals surface area contributed by atoms with E-state index in [2.05, 4.69) is 15.6 Å². The Morgan fingerprint density at radius 3 is 2.75 bits per heavy atom. The molecule has 32 heavy (non-hydrogen) atoms. The Bertz CT molecular complexity index is 1150. The summed E-state index contributed by atoms with van der Waals surface area (Å²) >= 11 is 1.36. The first-order valence-corrected chi connectivity index (χ1v) is 11.0. The van der Waals surface area contributed by atoms with E-state index in [-0.39, 0.29) is 18.4 Å². The van der Waals surface area contributed by atoms with Gasteiger partial charge in [-0.05, 0) is 37.3 Å². The molecule has 4 rings (SSSR count). The summed E-state index contributed by atoms with van der Waals surface area (Å²) in [5.74, 6) is 1.81. The lowest BCUT2D eigenvalue weighted by molar-refractivity contribution is -0.117. The fourth-order valence-corrected chi connectivity index (χ4v) is 4.47. The van der Waals surface area contributed by atoms with Crippen LogP contribution in [0.4, 0.5) is 15.6 Å². The number of aromatic nitrogens is 1. The van der Waals surface area contributed by atoms with Crippen LogP contribution in [0.5, 0.6) is 17.2 Å². The van der Waals surface area contributed by atoms with E-state index in [9.17, 15) is 9.59 Å². The lowest BCUT2D eigenvalue weighted by atomic mass is 10.2. The minimum Gasteiger partial charge on any atom is -0.494 e. The first-order valence-electron chi connectivity index (χ1n) is 10.1. The SMILES string of the molecule is CCOc1ccc2nc(NC(=O)NC3CC(=O)N(c4ccc(OC)c(OC)c4)C3)sc2c1. The van der Waals surface area contributed by atoms with Crippen LogP contribution in [0, 0.1) is 0 Å². The third-order valence-corrected chi connectivity index (χ3v) is 5.96. The lowest BCUT2D eigenvalue weighted by Gasteiger charge is -2.19. The summed E-state index contributed by atoms with van der Waals surface area (Å²) in [5, 5.41) is 6.10. The molecule has 1 aromatic heterocycles. The molecule has 0 aliphatic carbocycles. The Morgan fingerprint density at radius 2 is 2.00 bits per heavy atom. The molecule has 0 spiro atoms. The van der Waals surface area contributed by atoms with Crippen LogP contribution < -0.4 is 29.7 Å². The minimum atomic E-state index is -0.402. The van der Waals surface area contributed by atoms with Gasteiger partial charge in [-0.25, -0.2) is 9.78 Å². The zero-order chi connectivity index (χ0) is 22.7. The fraction of sp³-hybridized carbons (Fsp3) is 0.318. The van der Waals surface area contributed by atoms with E-state index in [1.54, 1.807) is 37.3 Å². The molecule has 10 heteroatoms. The fourth-order valence-electron chi connectivity index (χ4n) is 3.58. The minimum absolute atomic E-state index is 0.0778. The highest BCUT2D eigenvalue weighted by Crippen LogP contribution is 2.33. The highest BCUT2D eigenvalue weighted by Gasteiger charge is 2.32. The Kier molecular flexibility index (Phi) is 6.31. The number of hydrogen-bond donors (Lipinski definition) is 2. The predicted octanol–water partition coefficient (Wildman–Crippen LogP) is 3.64. The van der Waals surface area contributed by atoms with Crippen LogP contribution in [0.1, 0.15) is 13.3 Å². The summed E-state index contributed by atoms with van der Waals surface area (Å²) in [4.78, 5) is 31.1. The van der Waals surface area contributed by atoms with Crippen molar-refractivity contribution in [3.05, 3.63) is 36.4 Å². The van der Waals surface area contributed by atoms with E-state index in [4.69, 9.17) is 14.2 Å². The van der Waals surface area contributed by atoms with E-state index >= 15 is 0 Å². The maximum atomic E-state index is 12.5. The summed E-state index contributed by atoms with van der Waals surface area (Å²) in [5.41, 5.74) is 1.47. The van der Waals surface area contributed by atoms with Crippen molar-refractivity contribution >= 4 is 44.3 Å². The van der Waals surface area contributed by atoms with Crippen LogP contribution in [0.15, 0.2) is 36.4 Å². The van der Waals surface area contributed by atoms with Crippen LogP contribution in [-0.2, 0) is 4.79 Å². The molecule has 2 N–H and O–H groups in total. The van der Waals surface area contributed by atoms with Gasteiger partial charge in [-0.1, -0.05) is 11.3 Å². The van der Waals surface area contributed by atoms with Gasteiger partial charge in [0.1, 0.15) is 5.75 Å². The molecule has 3 aromatic rings. The topological polar surface area (TPSA) is 102 Å². The average molecular weight is 457 g/mol. The number of carbonyl (C=O) groups is 2. The van der Waals surface area contributed by atoms with E-state index < -0.39 is 6.03 Å². The molecule has 2 aromatic carbocycles. The molecular formula is C22H24N4O5S. The molecule has 168 valence electrons. The molecule has 0 saturated carbocycles. The molecular weight excluding hydrogens is 432 g/mol. The molecule has 1 unspecified atom stereocenters. The Balaban J connectivity index is 1.39. The molecule has 1 atom stereocenters. The number of nitrogens with one attached hydrogen (secondary N) is 2. The van der Waals surface area contributed by atoms with Crippen molar-refractivity contribution < 1.29 is 23.8 Å². The Labute approximate surface area is 189 Å². The van der Waals surface area contributed by atoms with E-state index in [1.807, 2.05) is 25.1 Å². The van der Waals surface area contributed by atoms with Crippen molar-refractivity contribution in [2.75, 3.05) is 37.6 Å². The zero-order valence-corrected chi connectivity index (χ0v) is 18.8. The van der Waals surface area contributed by atoms with Gasteiger partial charge in [-0.15, -0.1) is 0 Å². The smallest absolute Gasteiger partial charge is 0.321 e. The van der Waals surface area contributed by atoms with Crippen molar-refractivity contribution in [3.63, 3.8) is 0 Å². The van der Waals surface area contributed by atoms with Crippen LogP contribution in [-0.4, -0.2) is 50.3 Å². The number of anilines is 2. The van der Waals surface area contributed by atoms with Gasteiger partial charge >= 0.3 is 6.03 Å². The second kappa shape index (κ2) is 9.31. The summed E-state index contributed by atoms with van der Waals surface area (Å²) in [6.45, 7) is 2.87. The standard InChI is InChI=1S/C22H24N4O5S/c1-4-31-15-6-7-16-19(11-15)32-22(24-16)25-21(28)23-13-9-20(27)26(12-13)14-5-8-17(29-2)18(10-14)30-3/h5-8,10-11,13H,4,9,12H2,1-3H3,(H2,23,24,25,28). The number of methoxy groups -OCH3 is 2. The van der Waals surface area contributed by atoms with Crippen molar-refractivity contribution in [2.24, 2.45) is 0 Å². The maximum absolute atomic E-state index is 12.5. The Hall–Kier alpha value is -3.53. The highest BCUT2D eigenvalue weighted by atomic mass is 32.1. The van der Waals surface area contributed by atoms with Crippen LogP contribution in [0.3, 0.4) is 0 Å². The van der Waals surface area contributed by atoms with E-state index in [0.29, 0.717) is 35.5 Å². The van der Waals surface area contributed by atoms with Crippen molar-refractivity contribution in [1.29, 1.82) is 0 Å². The molecule has 2 heterocycles. The molecule has 0 bridgehead atoms. The third-order valence-electron chi connectivity index (χ3n) is 5.03. The van der Waals surface area contributed by atoms with Gasteiger partial charge < -0.3 is 24.4 Å². The number of fused-ring (bicyclic) bond motifs is 1.